The Morgan fingerprint density at radius 2 is 1.78 bits per heavy atom. The Balaban J connectivity index is 1.27. The van der Waals surface area contributed by atoms with Gasteiger partial charge in [0.15, 0.2) is 0 Å². The van der Waals surface area contributed by atoms with E-state index < -0.39 is 0 Å². The van der Waals surface area contributed by atoms with Crippen LogP contribution in [-0.4, -0.2) is 58.0 Å². The molecular formula is C25H30N6O. The highest BCUT2D eigenvalue weighted by Gasteiger charge is 2.25. The number of carbonyl (C=O) groups is 1. The van der Waals surface area contributed by atoms with Crippen LogP contribution in [0, 0.1) is 6.92 Å². The molecule has 2 aromatic heterocycles. The molecule has 1 saturated heterocycles. The van der Waals surface area contributed by atoms with Gasteiger partial charge in [-0.3, -0.25) is 9.78 Å². The SMILES string of the molecule is Cc1cc(N2CCN(C(=O)c3nccc4ccccc34)CC2)nc(NC2CCCCC2)n1. The van der Waals surface area contributed by atoms with E-state index in [2.05, 4.69) is 20.2 Å². The molecule has 7 heteroatoms. The number of hydrogen-bond acceptors (Lipinski definition) is 6. The van der Waals surface area contributed by atoms with E-state index in [9.17, 15) is 4.79 Å². The Kier molecular flexibility index (Phi) is 5.88. The molecule has 32 heavy (non-hydrogen) atoms. The van der Waals surface area contributed by atoms with E-state index in [1.807, 2.05) is 48.2 Å². The standard InChI is InChI=1S/C25H30N6O/c1-18-17-22(29-25(27-18)28-20-8-3-2-4-9-20)30-13-15-31(16-14-30)24(32)23-21-10-6-5-7-19(21)11-12-26-23/h5-7,10-12,17,20H,2-4,8-9,13-16H2,1H3,(H,27,28,29). The number of benzene rings is 1. The van der Waals surface area contributed by atoms with Crippen molar-refractivity contribution in [2.24, 2.45) is 0 Å². The van der Waals surface area contributed by atoms with Crippen molar-refractivity contribution in [1.82, 2.24) is 19.9 Å². The van der Waals surface area contributed by atoms with Crippen molar-refractivity contribution in [3.05, 3.63) is 54.0 Å². The lowest BCUT2D eigenvalue weighted by atomic mass is 9.96. The van der Waals surface area contributed by atoms with Crippen molar-refractivity contribution in [3.8, 4) is 0 Å². The second kappa shape index (κ2) is 9.10. The number of aryl methyl sites for hydroxylation is 1. The molecule has 0 bridgehead atoms. The predicted molar refractivity (Wildman–Crippen MR) is 127 cm³/mol. The van der Waals surface area contributed by atoms with Gasteiger partial charge in [0.2, 0.25) is 5.95 Å². The topological polar surface area (TPSA) is 74.2 Å². The number of piperazine rings is 1. The molecule has 2 aliphatic rings. The summed E-state index contributed by atoms with van der Waals surface area (Å²) in [6, 6.07) is 12.4. The normalized spacial score (nSPS) is 17.5. The summed E-state index contributed by atoms with van der Waals surface area (Å²) < 4.78 is 0. The highest BCUT2D eigenvalue weighted by atomic mass is 16.2. The Morgan fingerprint density at radius 1 is 1.00 bits per heavy atom. The molecule has 1 aliphatic heterocycles. The molecule has 0 spiro atoms. The molecule has 0 unspecified atom stereocenters. The quantitative estimate of drug-likeness (QED) is 0.673. The van der Waals surface area contributed by atoms with Crippen molar-refractivity contribution >= 4 is 28.4 Å². The molecule has 1 amide bonds. The first-order valence-electron chi connectivity index (χ1n) is 11.7. The number of rotatable bonds is 4. The maximum absolute atomic E-state index is 13.2. The fourth-order valence-electron chi connectivity index (χ4n) is 4.79. The third kappa shape index (κ3) is 4.38. The first kappa shape index (κ1) is 20.7. The summed E-state index contributed by atoms with van der Waals surface area (Å²) >= 11 is 0. The van der Waals surface area contributed by atoms with Crippen LogP contribution in [-0.2, 0) is 0 Å². The van der Waals surface area contributed by atoms with Crippen molar-refractivity contribution in [3.63, 3.8) is 0 Å². The zero-order chi connectivity index (χ0) is 21.9. The summed E-state index contributed by atoms with van der Waals surface area (Å²) in [4.78, 5) is 31.2. The van der Waals surface area contributed by atoms with Crippen LogP contribution in [0.1, 0.15) is 48.3 Å². The van der Waals surface area contributed by atoms with E-state index in [4.69, 9.17) is 4.98 Å². The van der Waals surface area contributed by atoms with Gasteiger partial charge in [-0.1, -0.05) is 43.5 Å². The average molecular weight is 431 g/mol. The second-order valence-corrected chi connectivity index (χ2v) is 8.83. The summed E-state index contributed by atoms with van der Waals surface area (Å²) in [5, 5.41) is 5.50. The third-order valence-corrected chi connectivity index (χ3v) is 6.55. The molecule has 1 N–H and O–H groups in total. The van der Waals surface area contributed by atoms with Crippen LogP contribution in [0.4, 0.5) is 11.8 Å². The van der Waals surface area contributed by atoms with E-state index in [0.717, 1.165) is 41.3 Å². The van der Waals surface area contributed by atoms with Gasteiger partial charge in [0, 0.05) is 55.6 Å². The van der Waals surface area contributed by atoms with Crippen molar-refractivity contribution < 1.29 is 4.79 Å². The van der Waals surface area contributed by atoms with Gasteiger partial charge in [-0.25, -0.2) is 4.98 Å². The molecule has 5 rings (SSSR count). The molecule has 166 valence electrons. The van der Waals surface area contributed by atoms with Gasteiger partial charge < -0.3 is 15.1 Å². The van der Waals surface area contributed by atoms with Crippen LogP contribution in [0.5, 0.6) is 0 Å². The van der Waals surface area contributed by atoms with E-state index in [1.165, 1.54) is 32.1 Å². The van der Waals surface area contributed by atoms with Gasteiger partial charge >= 0.3 is 0 Å². The third-order valence-electron chi connectivity index (χ3n) is 6.55. The zero-order valence-electron chi connectivity index (χ0n) is 18.6. The summed E-state index contributed by atoms with van der Waals surface area (Å²) in [6.45, 7) is 4.81. The molecule has 0 radical (unpaired) electrons. The Bertz CT molecular complexity index is 1100. The number of hydrogen-bond donors (Lipinski definition) is 1. The van der Waals surface area contributed by atoms with Crippen LogP contribution in [0.3, 0.4) is 0 Å². The molecule has 0 atom stereocenters. The highest BCUT2D eigenvalue weighted by Crippen LogP contribution is 2.23. The van der Waals surface area contributed by atoms with Gasteiger partial charge in [-0.15, -0.1) is 0 Å². The van der Waals surface area contributed by atoms with Crippen molar-refractivity contribution in [2.75, 3.05) is 36.4 Å². The van der Waals surface area contributed by atoms with Gasteiger partial charge in [0.25, 0.3) is 5.91 Å². The van der Waals surface area contributed by atoms with Crippen LogP contribution in [0.25, 0.3) is 10.8 Å². The second-order valence-electron chi connectivity index (χ2n) is 8.83. The van der Waals surface area contributed by atoms with Crippen LogP contribution in [0.2, 0.25) is 0 Å². The number of carbonyl (C=O) groups excluding carboxylic acids is 1. The number of nitrogens with zero attached hydrogens (tertiary/aromatic N) is 5. The fourth-order valence-corrected chi connectivity index (χ4v) is 4.79. The molecule has 7 nitrogen and oxygen atoms in total. The molecule has 1 aromatic carbocycles. The zero-order valence-corrected chi connectivity index (χ0v) is 18.6. The minimum atomic E-state index is -0.0000257. The summed E-state index contributed by atoms with van der Waals surface area (Å²) in [5.41, 5.74) is 1.50. The average Bonchev–Trinajstić information content (AvgIpc) is 2.83. The lowest BCUT2D eigenvalue weighted by Gasteiger charge is -2.35. The molecule has 3 heterocycles. The highest BCUT2D eigenvalue weighted by molar-refractivity contribution is 6.05. The number of fused-ring (bicyclic) bond motifs is 1. The number of anilines is 2. The summed E-state index contributed by atoms with van der Waals surface area (Å²) in [7, 11) is 0. The van der Waals surface area contributed by atoms with E-state index >= 15 is 0 Å². The molecule has 2 fully saturated rings. The summed E-state index contributed by atoms with van der Waals surface area (Å²) in [6.07, 6.45) is 7.98. The Morgan fingerprint density at radius 3 is 2.59 bits per heavy atom. The maximum Gasteiger partial charge on any atom is 0.273 e. The fraction of sp³-hybridized carbons (Fsp3) is 0.440. The lowest BCUT2D eigenvalue weighted by Crippen LogP contribution is -2.49. The largest absolute Gasteiger partial charge is 0.353 e. The smallest absolute Gasteiger partial charge is 0.273 e. The molecular weight excluding hydrogens is 400 g/mol. The van der Waals surface area contributed by atoms with Gasteiger partial charge in [-0.2, -0.15) is 4.98 Å². The van der Waals surface area contributed by atoms with Crippen LogP contribution >= 0.6 is 0 Å². The first-order chi connectivity index (χ1) is 15.7. The van der Waals surface area contributed by atoms with Crippen molar-refractivity contribution in [1.29, 1.82) is 0 Å². The summed E-state index contributed by atoms with van der Waals surface area (Å²) in [5.74, 6) is 1.66. The Hall–Kier alpha value is -3.22. The number of pyridine rings is 1. The number of amides is 1. The minimum Gasteiger partial charge on any atom is -0.353 e. The van der Waals surface area contributed by atoms with Crippen molar-refractivity contribution in [2.45, 2.75) is 45.1 Å². The lowest BCUT2D eigenvalue weighted by molar-refractivity contribution is 0.0743. The maximum atomic E-state index is 13.2. The Labute approximate surface area is 188 Å². The predicted octanol–water partition coefficient (Wildman–Crippen LogP) is 4.04. The van der Waals surface area contributed by atoms with E-state index in [0.29, 0.717) is 24.8 Å². The minimum absolute atomic E-state index is 0.0000257. The first-order valence-corrected chi connectivity index (χ1v) is 11.7. The molecule has 1 saturated carbocycles. The number of aromatic nitrogens is 3. The van der Waals surface area contributed by atoms with Gasteiger partial charge in [0.05, 0.1) is 0 Å². The van der Waals surface area contributed by atoms with Crippen LogP contribution < -0.4 is 10.2 Å². The molecule has 1 aliphatic carbocycles. The van der Waals surface area contributed by atoms with Gasteiger partial charge in [-0.05, 0) is 31.2 Å². The van der Waals surface area contributed by atoms with Gasteiger partial charge in [0.1, 0.15) is 11.5 Å². The van der Waals surface area contributed by atoms with E-state index in [1.54, 1.807) is 6.20 Å². The molecule has 3 aromatic rings. The van der Waals surface area contributed by atoms with E-state index in [-0.39, 0.29) is 5.91 Å². The number of nitrogens with one attached hydrogen (secondary N) is 1. The van der Waals surface area contributed by atoms with Crippen LogP contribution in [0.15, 0.2) is 42.6 Å². The monoisotopic (exact) mass is 430 g/mol.